The lowest BCUT2D eigenvalue weighted by molar-refractivity contribution is 0.0688. The van der Waals surface area contributed by atoms with Gasteiger partial charge in [0, 0.05) is 13.1 Å². The average Bonchev–Trinajstić information content (AvgIpc) is 2.91. The van der Waals surface area contributed by atoms with E-state index in [2.05, 4.69) is 25.1 Å². The van der Waals surface area contributed by atoms with Crippen LogP contribution >= 0.6 is 0 Å². The minimum atomic E-state index is -0.0265. The third kappa shape index (κ3) is 1.82. The number of nitrogens with zero attached hydrogens (tertiary/aromatic N) is 1. The van der Waals surface area contributed by atoms with E-state index in [9.17, 15) is 4.79 Å². The molecule has 1 atom stereocenters. The standard InChI is InChI=1S/C15H15NO2/c1-11-9-16(15(17)14-7-4-8-18-14)10-12-5-2-3-6-13(11)12/h2-8,11H,9-10H2,1H3. The lowest BCUT2D eigenvalue weighted by Crippen LogP contribution is -2.37. The molecule has 0 saturated carbocycles. The molecule has 0 aliphatic carbocycles. The van der Waals surface area contributed by atoms with Gasteiger partial charge in [0.1, 0.15) is 0 Å². The Morgan fingerprint density at radius 2 is 2.11 bits per heavy atom. The number of furan rings is 1. The van der Waals surface area contributed by atoms with E-state index in [1.807, 2.05) is 11.0 Å². The summed E-state index contributed by atoms with van der Waals surface area (Å²) in [6, 6.07) is 11.8. The molecule has 0 saturated heterocycles. The van der Waals surface area contributed by atoms with E-state index in [1.165, 1.54) is 17.4 Å². The number of fused-ring (bicyclic) bond motifs is 1. The van der Waals surface area contributed by atoms with Gasteiger partial charge < -0.3 is 9.32 Å². The van der Waals surface area contributed by atoms with Crippen LogP contribution in [0, 0.1) is 0 Å². The first-order valence-corrected chi connectivity index (χ1v) is 6.16. The molecule has 3 nitrogen and oxygen atoms in total. The Morgan fingerprint density at radius 1 is 1.28 bits per heavy atom. The van der Waals surface area contributed by atoms with Gasteiger partial charge in [0.25, 0.3) is 5.91 Å². The predicted molar refractivity (Wildman–Crippen MR) is 68.3 cm³/mol. The zero-order chi connectivity index (χ0) is 12.5. The highest BCUT2D eigenvalue weighted by Gasteiger charge is 2.26. The summed E-state index contributed by atoms with van der Waals surface area (Å²) < 4.78 is 5.18. The molecule has 1 amide bonds. The molecule has 92 valence electrons. The van der Waals surface area contributed by atoms with Crippen LogP contribution in [0.25, 0.3) is 0 Å². The monoisotopic (exact) mass is 241 g/mol. The van der Waals surface area contributed by atoms with Crippen molar-refractivity contribution in [3.8, 4) is 0 Å². The summed E-state index contributed by atoms with van der Waals surface area (Å²) in [5, 5.41) is 0. The Labute approximate surface area is 106 Å². The van der Waals surface area contributed by atoms with Crippen molar-refractivity contribution < 1.29 is 9.21 Å². The van der Waals surface area contributed by atoms with Crippen LogP contribution in [0.3, 0.4) is 0 Å². The molecular weight excluding hydrogens is 226 g/mol. The summed E-state index contributed by atoms with van der Waals surface area (Å²) in [6.45, 7) is 3.57. The largest absolute Gasteiger partial charge is 0.459 e. The van der Waals surface area contributed by atoms with Crippen molar-refractivity contribution in [2.45, 2.75) is 19.4 Å². The fourth-order valence-electron chi connectivity index (χ4n) is 2.57. The molecular formula is C15H15NO2. The van der Waals surface area contributed by atoms with Gasteiger partial charge in [-0.05, 0) is 29.2 Å². The van der Waals surface area contributed by atoms with Gasteiger partial charge in [-0.3, -0.25) is 4.79 Å². The minimum Gasteiger partial charge on any atom is -0.459 e. The summed E-state index contributed by atoms with van der Waals surface area (Å²) in [4.78, 5) is 14.1. The SMILES string of the molecule is CC1CN(C(=O)c2ccco2)Cc2ccccc21. The molecule has 3 rings (SSSR count). The summed E-state index contributed by atoms with van der Waals surface area (Å²) in [5.74, 6) is 0.761. The van der Waals surface area contributed by atoms with Crippen LogP contribution in [-0.4, -0.2) is 17.4 Å². The molecule has 1 aliphatic heterocycles. The van der Waals surface area contributed by atoms with Gasteiger partial charge >= 0.3 is 0 Å². The summed E-state index contributed by atoms with van der Waals surface area (Å²) in [7, 11) is 0. The first kappa shape index (κ1) is 11.1. The van der Waals surface area contributed by atoms with Crippen LogP contribution in [0.2, 0.25) is 0 Å². The maximum absolute atomic E-state index is 12.2. The molecule has 1 aliphatic rings. The van der Waals surface area contributed by atoms with Gasteiger partial charge in [-0.2, -0.15) is 0 Å². The van der Waals surface area contributed by atoms with Crippen LogP contribution in [-0.2, 0) is 6.54 Å². The van der Waals surface area contributed by atoms with Gasteiger partial charge in [-0.25, -0.2) is 0 Å². The van der Waals surface area contributed by atoms with Crippen LogP contribution in [0.1, 0.15) is 34.5 Å². The van der Waals surface area contributed by atoms with Crippen molar-refractivity contribution in [1.82, 2.24) is 4.90 Å². The lowest BCUT2D eigenvalue weighted by Gasteiger charge is -2.32. The molecule has 3 heteroatoms. The first-order valence-electron chi connectivity index (χ1n) is 6.16. The zero-order valence-corrected chi connectivity index (χ0v) is 10.3. The first-order chi connectivity index (χ1) is 8.75. The quantitative estimate of drug-likeness (QED) is 0.769. The third-order valence-corrected chi connectivity index (χ3v) is 3.46. The number of carbonyl (C=O) groups is 1. The number of rotatable bonds is 1. The Bertz CT molecular complexity index is 560. The van der Waals surface area contributed by atoms with Crippen molar-refractivity contribution in [2.75, 3.05) is 6.54 Å². The normalized spacial score (nSPS) is 18.5. The average molecular weight is 241 g/mol. The zero-order valence-electron chi connectivity index (χ0n) is 10.3. The molecule has 0 fully saturated rings. The van der Waals surface area contributed by atoms with Gasteiger partial charge in [0.15, 0.2) is 5.76 Å². The van der Waals surface area contributed by atoms with E-state index < -0.39 is 0 Å². The van der Waals surface area contributed by atoms with Crippen molar-refractivity contribution in [2.24, 2.45) is 0 Å². The fourth-order valence-corrected chi connectivity index (χ4v) is 2.57. The molecule has 18 heavy (non-hydrogen) atoms. The van der Waals surface area contributed by atoms with Gasteiger partial charge in [0.2, 0.25) is 0 Å². The van der Waals surface area contributed by atoms with Gasteiger partial charge in [-0.1, -0.05) is 31.2 Å². The second-order valence-corrected chi connectivity index (χ2v) is 4.76. The Kier molecular flexibility index (Phi) is 2.67. The van der Waals surface area contributed by atoms with E-state index in [0.29, 0.717) is 18.2 Å². The summed E-state index contributed by atoms with van der Waals surface area (Å²) >= 11 is 0. The van der Waals surface area contributed by atoms with Gasteiger partial charge in [-0.15, -0.1) is 0 Å². The number of benzene rings is 1. The molecule has 0 N–H and O–H groups in total. The minimum absolute atomic E-state index is 0.0265. The predicted octanol–water partition coefficient (Wildman–Crippen LogP) is 3.04. The number of amides is 1. The highest BCUT2D eigenvalue weighted by atomic mass is 16.3. The summed E-state index contributed by atoms with van der Waals surface area (Å²) in [5.41, 5.74) is 2.58. The highest BCUT2D eigenvalue weighted by molar-refractivity contribution is 5.91. The fraction of sp³-hybridized carbons (Fsp3) is 0.267. The van der Waals surface area contributed by atoms with Crippen molar-refractivity contribution in [1.29, 1.82) is 0 Å². The topological polar surface area (TPSA) is 33.5 Å². The van der Waals surface area contributed by atoms with Crippen LogP contribution < -0.4 is 0 Å². The van der Waals surface area contributed by atoms with Crippen molar-refractivity contribution in [3.05, 3.63) is 59.5 Å². The number of carbonyl (C=O) groups excluding carboxylic acids is 1. The van der Waals surface area contributed by atoms with E-state index in [4.69, 9.17) is 4.42 Å². The van der Waals surface area contributed by atoms with Crippen LogP contribution in [0.15, 0.2) is 47.1 Å². The highest BCUT2D eigenvalue weighted by Crippen LogP contribution is 2.28. The molecule has 0 radical (unpaired) electrons. The van der Waals surface area contributed by atoms with Crippen molar-refractivity contribution in [3.63, 3.8) is 0 Å². The number of hydrogen-bond acceptors (Lipinski definition) is 2. The molecule has 0 spiro atoms. The maximum Gasteiger partial charge on any atom is 0.289 e. The molecule has 1 aromatic heterocycles. The molecule has 1 aromatic carbocycles. The van der Waals surface area contributed by atoms with E-state index >= 15 is 0 Å². The molecule has 2 heterocycles. The lowest BCUT2D eigenvalue weighted by atomic mass is 9.91. The molecule has 1 unspecified atom stereocenters. The summed E-state index contributed by atoms with van der Waals surface area (Å²) in [6.07, 6.45) is 1.54. The van der Waals surface area contributed by atoms with E-state index in [-0.39, 0.29) is 5.91 Å². The third-order valence-electron chi connectivity index (χ3n) is 3.46. The molecule has 0 bridgehead atoms. The van der Waals surface area contributed by atoms with Gasteiger partial charge in [0.05, 0.1) is 6.26 Å². The maximum atomic E-state index is 12.2. The molecule has 2 aromatic rings. The Hall–Kier alpha value is -2.03. The van der Waals surface area contributed by atoms with Crippen molar-refractivity contribution >= 4 is 5.91 Å². The Balaban J connectivity index is 1.88. The van der Waals surface area contributed by atoms with E-state index in [0.717, 1.165) is 6.54 Å². The smallest absolute Gasteiger partial charge is 0.289 e. The number of hydrogen-bond donors (Lipinski definition) is 0. The van der Waals surface area contributed by atoms with Crippen LogP contribution in [0.4, 0.5) is 0 Å². The Morgan fingerprint density at radius 3 is 2.89 bits per heavy atom. The van der Waals surface area contributed by atoms with E-state index in [1.54, 1.807) is 12.1 Å². The van der Waals surface area contributed by atoms with Crippen LogP contribution in [0.5, 0.6) is 0 Å². The second-order valence-electron chi connectivity index (χ2n) is 4.76. The second kappa shape index (κ2) is 4.33.